The third-order valence-corrected chi connectivity index (χ3v) is 13.0. The van der Waals surface area contributed by atoms with Gasteiger partial charge < -0.3 is 14.4 Å². The zero-order valence-corrected chi connectivity index (χ0v) is 30.8. The summed E-state index contributed by atoms with van der Waals surface area (Å²) in [7, 11) is -1.48. The lowest BCUT2D eigenvalue weighted by molar-refractivity contribution is -0.116. The van der Waals surface area contributed by atoms with E-state index in [2.05, 4.69) is 57.4 Å². The number of anilines is 1. The minimum Gasteiger partial charge on any atom is -0.490 e. The Kier molecular flexibility index (Phi) is 11.4. The lowest BCUT2D eigenvalue weighted by atomic mass is 9.70. The summed E-state index contributed by atoms with van der Waals surface area (Å²) < 4.78 is 31.3. The molecule has 0 saturated heterocycles. The minimum absolute atomic E-state index is 0.0737. The Bertz CT molecular complexity index is 1860. The Balaban J connectivity index is 1.41. The summed E-state index contributed by atoms with van der Waals surface area (Å²) in [5.74, 6) is 0.367. The maximum absolute atomic E-state index is 14.3. The molecule has 0 radical (unpaired) electrons. The number of amides is 1. The third kappa shape index (κ3) is 8.13. The zero-order chi connectivity index (χ0) is 35.3. The Morgan fingerprint density at radius 1 is 1.16 bits per heavy atom. The molecule has 9 nitrogen and oxygen atoms in total. The fraction of sp³-hybridized carbons (Fsp3) is 0.487. The lowest BCUT2D eigenvalue weighted by Gasteiger charge is -2.42. The number of nitrogens with zero attached hydrogens (tertiary/aromatic N) is 4. The van der Waals surface area contributed by atoms with Crippen LogP contribution in [-0.4, -0.2) is 70.3 Å². The summed E-state index contributed by atoms with van der Waals surface area (Å²) >= 11 is 6.46. The number of rotatable bonds is 6. The predicted molar refractivity (Wildman–Crippen MR) is 198 cm³/mol. The van der Waals surface area contributed by atoms with Gasteiger partial charge in [0, 0.05) is 54.3 Å². The molecule has 2 aliphatic heterocycles. The number of Topliss-reactive ketones (excluding diaryl/α,β-unsaturated/α-hetero) is 1. The van der Waals surface area contributed by atoms with Crippen LogP contribution in [-0.2, 0) is 37.5 Å². The second kappa shape index (κ2) is 15.7. The molecule has 2 aromatic carbocycles. The van der Waals surface area contributed by atoms with Gasteiger partial charge in [-0.1, -0.05) is 50.1 Å². The van der Waals surface area contributed by atoms with Crippen molar-refractivity contribution in [3.05, 3.63) is 94.5 Å². The van der Waals surface area contributed by atoms with Crippen molar-refractivity contribution >= 4 is 38.7 Å². The van der Waals surface area contributed by atoms with Gasteiger partial charge in [-0.25, -0.2) is 14.2 Å². The molecular weight excluding hydrogens is 672 g/mol. The van der Waals surface area contributed by atoms with Crippen molar-refractivity contribution in [1.29, 1.82) is 0 Å². The molecule has 0 unspecified atom stereocenters. The van der Waals surface area contributed by atoms with Gasteiger partial charge >= 0.3 is 0 Å². The molecule has 266 valence electrons. The quantitative estimate of drug-likeness (QED) is 0.250. The van der Waals surface area contributed by atoms with Crippen LogP contribution in [0.1, 0.15) is 73.3 Å². The molecule has 50 heavy (non-hydrogen) atoms. The Labute approximate surface area is 301 Å². The van der Waals surface area contributed by atoms with Gasteiger partial charge in [0.2, 0.25) is 0 Å². The number of carbonyl (C=O) groups is 2. The van der Waals surface area contributed by atoms with Crippen LogP contribution in [0.2, 0.25) is 5.02 Å². The largest absolute Gasteiger partial charge is 0.490 e. The summed E-state index contributed by atoms with van der Waals surface area (Å²) in [6, 6.07) is 13.3. The summed E-state index contributed by atoms with van der Waals surface area (Å²) in [6.07, 6.45) is 12.1. The van der Waals surface area contributed by atoms with Gasteiger partial charge in [-0.3, -0.25) is 9.59 Å². The van der Waals surface area contributed by atoms with Crippen LogP contribution in [0.25, 0.3) is 0 Å². The molecule has 1 spiro atoms. The number of methoxy groups -OCH3 is 1. The van der Waals surface area contributed by atoms with Crippen LogP contribution >= 0.6 is 11.6 Å². The number of halogens is 1. The molecule has 5 atom stereocenters. The van der Waals surface area contributed by atoms with E-state index < -0.39 is 15.6 Å². The maximum atomic E-state index is 14.3. The van der Waals surface area contributed by atoms with E-state index in [9.17, 15) is 13.8 Å². The fourth-order valence-corrected chi connectivity index (χ4v) is 9.97. The first kappa shape index (κ1) is 36.2. The predicted octanol–water partition coefficient (Wildman–Crippen LogP) is 7.05. The number of hydrogen-bond donors (Lipinski definition) is 0. The van der Waals surface area contributed by atoms with Crippen molar-refractivity contribution < 1.29 is 23.3 Å². The molecule has 0 N–H and O–H groups in total. The number of ketones is 1. The third-order valence-electron chi connectivity index (χ3n) is 10.6. The molecule has 3 aliphatic rings. The van der Waals surface area contributed by atoms with E-state index in [0.717, 1.165) is 42.9 Å². The van der Waals surface area contributed by atoms with E-state index in [1.807, 2.05) is 18.2 Å². The van der Waals surface area contributed by atoms with Crippen molar-refractivity contribution in [2.45, 2.75) is 70.3 Å². The standard InChI is InChI=1S/C39H47ClN4O5S/c1-4-28-23-44-25-39(16-8-10-29-20-31(40)13-14-33(29)39)26-49-36-15-12-30(21-34(36)44)38(46)43-50(47,19-7-5-6-11-35(48-3)27(28)2)24-32(45)22-37-41-17-9-18-42-37/h6,9,11-15,17-18,20-21,27-28,35H,4-5,7-8,10,16,19,22-26H2,1-3H3/b11-6+/t27-,28+,35+,39+,50-/m1/s1. The molecule has 1 aromatic heterocycles. The average molecular weight is 719 g/mol. The summed E-state index contributed by atoms with van der Waals surface area (Å²) in [5, 5.41) is 0.737. The number of carbonyl (C=O) groups excluding carboxylic acids is 2. The SMILES string of the molecule is CC[C@H]1CN2C[C@@]3(CCCc4cc(Cl)ccc43)COc3ccc(cc32)C(=O)N=[S@](=O)(CC(=O)Cc2ncccn2)CCC/C=C/[C@H](OC)[C@@H]1C. The average Bonchev–Trinajstić information content (AvgIpc) is 3.25. The lowest BCUT2D eigenvalue weighted by Crippen LogP contribution is -2.47. The maximum Gasteiger partial charge on any atom is 0.285 e. The van der Waals surface area contributed by atoms with Gasteiger partial charge in [0.25, 0.3) is 5.91 Å². The van der Waals surface area contributed by atoms with Crippen LogP contribution in [0.3, 0.4) is 0 Å². The van der Waals surface area contributed by atoms with E-state index in [0.29, 0.717) is 43.1 Å². The molecular formula is C39H47ClN4O5S. The van der Waals surface area contributed by atoms with Crippen LogP contribution in [0.5, 0.6) is 5.75 Å². The molecule has 1 aliphatic carbocycles. The van der Waals surface area contributed by atoms with Gasteiger partial charge in [-0.15, -0.1) is 0 Å². The molecule has 6 rings (SSSR count). The number of hydrogen-bond acceptors (Lipinski definition) is 8. The normalized spacial score (nSPS) is 27.8. The van der Waals surface area contributed by atoms with Gasteiger partial charge in [-0.05, 0) is 91.5 Å². The van der Waals surface area contributed by atoms with Crippen molar-refractivity contribution in [2.24, 2.45) is 16.2 Å². The zero-order valence-electron chi connectivity index (χ0n) is 29.2. The topological polar surface area (TPSA) is 111 Å². The first-order valence-electron chi connectivity index (χ1n) is 17.7. The highest BCUT2D eigenvalue weighted by atomic mass is 35.5. The summed E-state index contributed by atoms with van der Waals surface area (Å²) in [5.41, 5.74) is 3.39. The van der Waals surface area contributed by atoms with E-state index >= 15 is 0 Å². The second-order valence-electron chi connectivity index (χ2n) is 14.0. The fourth-order valence-electron chi connectivity index (χ4n) is 7.85. The van der Waals surface area contributed by atoms with Crippen molar-refractivity contribution in [1.82, 2.24) is 9.97 Å². The number of aromatic nitrogens is 2. The molecule has 3 heterocycles. The van der Waals surface area contributed by atoms with Gasteiger partial charge in [0.1, 0.15) is 11.6 Å². The second-order valence-corrected chi connectivity index (χ2v) is 16.8. The Morgan fingerprint density at radius 2 is 1.98 bits per heavy atom. The van der Waals surface area contributed by atoms with Crippen molar-refractivity contribution in [3.63, 3.8) is 0 Å². The van der Waals surface area contributed by atoms with E-state index in [-0.39, 0.29) is 47.1 Å². The van der Waals surface area contributed by atoms with Crippen molar-refractivity contribution in [3.8, 4) is 5.75 Å². The Hall–Kier alpha value is -3.60. The van der Waals surface area contributed by atoms with Gasteiger partial charge in [0.05, 0.1) is 40.3 Å². The van der Waals surface area contributed by atoms with Crippen LogP contribution in [0.4, 0.5) is 5.69 Å². The number of allylic oxidation sites excluding steroid dienone is 1. The van der Waals surface area contributed by atoms with E-state index in [4.69, 9.17) is 21.1 Å². The molecule has 11 heteroatoms. The van der Waals surface area contributed by atoms with Crippen LogP contribution < -0.4 is 9.64 Å². The van der Waals surface area contributed by atoms with Gasteiger partial charge in [0.15, 0.2) is 5.78 Å². The number of aryl methyl sites for hydroxylation is 1. The van der Waals surface area contributed by atoms with E-state index in [1.165, 1.54) is 11.1 Å². The molecule has 0 fully saturated rings. The first-order chi connectivity index (χ1) is 24.1. The molecule has 1 amide bonds. The smallest absolute Gasteiger partial charge is 0.285 e. The number of fused-ring (bicyclic) bond motifs is 3. The van der Waals surface area contributed by atoms with Crippen LogP contribution in [0, 0.1) is 11.8 Å². The first-order valence-corrected chi connectivity index (χ1v) is 19.9. The summed E-state index contributed by atoms with van der Waals surface area (Å²) in [6.45, 7) is 6.40. The number of benzene rings is 2. The highest BCUT2D eigenvalue weighted by Crippen LogP contribution is 2.45. The van der Waals surface area contributed by atoms with Crippen LogP contribution in [0.15, 0.2) is 71.4 Å². The van der Waals surface area contributed by atoms with Crippen molar-refractivity contribution in [2.75, 3.05) is 43.2 Å². The Morgan fingerprint density at radius 3 is 2.76 bits per heavy atom. The molecule has 3 aromatic rings. The summed E-state index contributed by atoms with van der Waals surface area (Å²) in [4.78, 5) is 37.7. The number of ether oxygens (including phenoxy) is 2. The molecule has 2 bridgehead atoms. The monoisotopic (exact) mass is 718 g/mol. The van der Waals surface area contributed by atoms with E-state index in [1.54, 1.807) is 31.6 Å². The minimum atomic E-state index is -3.23. The highest BCUT2D eigenvalue weighted by molar-refractivity contribution is 7.94. The van der Waals surface area contributed by atoms with Gasteiger partial charge in [-0.2, -0.15) is 4.36 Å². The highest BCUT2D eigenvalue weighted by Gasteiger charge is 2.42. The molecule has 0 saturated carbocycles.